The molecule has 4 nitrogen and oxygen atoms in total. The zero-order valence-electron chi connectivity index (χ0n) is 14.7. The Morgan fingerprint density at radius 3 is 2.52 bits per heavy atom. The van der Waals surface area contributed by atoms with E-state index in [9.17, 15) is 9.59 Å². The van der Waals surface area contributed by atoms with Crippen molar-refractivity contribution in [2.24, 2.45) is 0 Å². The van der Waals surface area contributed by atoms with Gasteiger partial charge in [0.05, 0.1) is 0 Å². The molecule has 0 bridgehead atoms. The van der Waals surface area contributed by atoms with E-state index in [0.717, 1.165) is 24.0 Å². The first-order valence-electron chi connectivity index (χ1n) is 8.71. The normalized spacial score (nSPS) is 15.8. The van der Waals surface area contributed by atoms with Crippen molar-refractivity contribution in [2.45, 2.75) is 44.9 Å². The molecule has 1 saturated carbocycles. The Morgan fingerprint density at radius 2 is 1.84 bits per heavy atom. The molecule has 0 spiro atoms. The number of amides is 2. The average molecular weight is 356 g/mol. The molecule has 0 unspecified atom stereocenters. The molecule has 1 aliphatic carbocycles. The zero-order chi connectivity index (χ0) is 17.9. The van der Waals surface area contributed by atoms with Gasteiger partial charge in [-0.3, -0.25) is 9.59 Å². The summed E-state index contributed by atoms with van der Waals surface area (Å²) >= 11 is 1.73. The van der Waals surface area contributed by atoms with Crippen molar-refractivity contribution in [1.82, 2.24) is 5.32 Å². The molecule has 1 aliphatic rings. The third kappa shape index (κ3) is 3.76. The molecule has 0 atom stereocenters. The number of rotatable bonds is 4. The number of nitrogens with one attached hydrogen (secondary N) is 2. The van der Waals surface area contributed by atoms with Crippen LogP contribution in [0.4, 0.5) is 5.69 Å². The molecule has 3 rings (SSSR count). The van der Waals surface area contributed by atoms with Crippen LogP contribution in [0, 0.1) is 13.8 Å². The molecular weight excluding hydrogens is 332 g/mol. The molecular formula is C20H24N2O2S. The maximum Gasteiger partial charge on any atom is 0.313 e. The summed E-state index contributed by atoms with van der Waals surface area (Å²) in [6, 6.07) is 9.86. The zero-order valence-corrected chi connectivity index (χ0v) is 15.5. The van der Waals surface area contributed by atoms with E-state index < -0.39 is 11.8 Å². The Bertz CT molecular complexity index is 762. The standard InChI is InChI=1S/C20H24N2O2S/c1-14-7-5-8-16(15(14)2)22-19(24)18(23)21-13-20(10-3-4-11-20)17-9-6-12-25-17/h5-9,12H,3-4,10-11,13H2,1-2H3,(H,21,23)(H,22,24). The number of anilines is 1. The summed E-state index contributed by atoms with van der Waals surface area (Å²) in [4.78, 5) is 25.8. The predicted molar refractivity (Wildman–Crippen MR) is 102 cm³/mol. The van der Waals surface area contributed by atoms with E-state index in [1.807, 2.05) is 32.0 Å². The van der Waals surface area contributed by atoms with Crippen molar-refractivity contribution < 1.29 is 9.59 Å². The molecule has 1 aromatic carbocycles. The van der Waals surface area contributed by atoms with Gasteiger partial charge in [0, 0.05) is 22.5 Å². The average Bonchev–Trinajstić information content (AvgIpc) is 3.28. The van der Waals surface area contributed by atoms with E-state index in [2.05, 4.69) is 28.1 Å². The molecule has 2 aromatic rings. The number of hydrogen-bond donors (Lipinski definition) is 2. The SMILES string of the molecule is Cc1cccc(NC(=O)C(=O)NCC2(c3cccs3)CCCC2)c1C. The summed E-state index contributed by atoms with van der Waals surface area (Å²) in [6.07, 6.45) is 4.46. The van der Waals surface area contributed by atoms with Gasteiger partial charge in [0.25, 0.3) is 0 Å². The van der Waals surface area contributed by atoms with Gasteiger partial charge in [0.2, 0.25) is 0 Å². The maximum atomic E-state index is 12.3. The van der Waals surface area contributed by atoms with Gasteiger partial charge >= 0.3 is 11.8 Å². The van der Waals surface area contributed by atoms with Crippen LogP contribution in [0.15, 0.2) is 35.7 Å². The van der Waals surface area contributed by atoms with Crippen LogP contribution in [-0.4, -0.2) is 18.4 Å². The van der Waals surface area contributed by atoms with Crippen molar-refractivity contribution in [1.29, 1.82) is 0 Å². The fourth-order valence-corrected chi connectivity index (χ4v) is 4.52. The molecule has 25 heavy (non-hydrogen) atoms. The van der Waals surface area contributed by atoms with Crippen LogP contribution < -0.4 is 10.6 Å². The number of carbonyl (C=O) groups is 2. The van der Waals surface area contributed by atoms with Gasteiger partial charge in [-0.25, -0.2) is 0 Å². The third-order valence-corrected chi connectivity index (χ3v) is 6.37. The molecule has 1 heterocycles. The van der Waals surface area contributed by atoms with Crippen LogP contribution in [0.25, 0.3) is 0 Å². The Balaban J connectivity index is 1.63. The number of benzene rings is 1. The molecule has 1 aromatic heterocycles. The van der Waals surface area contributed by atoms with Gasteiger partial charge in [-0.2, -0.15) is 0 Å². The molecule has 0 saturated heterocycles. The first-order chi connectivity index (χ1) is 12.0. The highest BCUT2D eigenvalue weighted by Crippen LogP contribution is 2.42. The lowest BCUT2D eigenvalue weighted by Gasteiger charge is -2.28. The van der Waals surface area contributed by atoms with Gasteiger partial charge < -0.3 is 10.6 Å². The van der Waals surface area contributed by atoms with Gasteiger partial charge in [0.15, 0.2) is 0 Å². The quantitative estimate of drug-likeness (QED) is 0.816. The minimum absolute atomic E-state index is 0.0106. The van der Waals surface area contributed by atoms with Crippen LogP contribution in [0.1, 0.15) is 41.7 Å². The molecule has 2 N–H and O–H groups in total. The van der Waals surface area contributed by atoms with Crippen molar-refractivity contribution in [3.05, 3.63) is 51.7 Å². The second-order valence-corrected chi connectivity index (χ2v) is 7.80. The number of hydrogen-bond acceptors (Lipinski definition) is 3. The van der Waals surface area contributed by atoms with E-state index in [1.54, 1.807) is 11.3 Å². The summed E-state index contributed by atoms with van der Waals surface area (Å²) in [7, 11) is 0. The Kier molecular flexibility index (Phi) is 5.23. The topological polar surface area (TPSA) is 58.2 Å². The smallest absolute Gasteiger partial charge is 0.313 e. The van der Waals surface area contributed by atoms with Crippen molar-refractivity contribution in [3.8, 4) is 0 Å². The van der Waals surface area contributed by atoms with E-state index in [4.69, 9.17) is 0 Å². The van der Waals surface area contributed by atoms with E-state index in [0.29, 0.717) is 12.2 Å². The molecule has 2 amide bonds. The van der Waals surface area contributed by atoms with Gasteiger partial charge in [-0.15, -0.1) is 11.3 Å². The molecule has 1 fully saturated rings. The lowest BCUT2D eigenvalue weighted by atomic mass is 9.84. The summed E-state index contributed by atoms with van der Waals surface area (Å²) in [5.41, 5.74) is 2.74. The molecule has 5 heteroatoms. The monoisotopic (exact) mass is 356 g/mol. The minimum atomic E-state index is -0.604. The number of carbonyl (C=O) groups excluding carboxylic acids is 2. The molecule has 0 aliphatic heterocycles. The van der Waals surface area contributed by atoms with Gasteiger partial charge in [-0.1, -0.05) is 31.0 Å². The Labute approximate surface area is 152 Å². The van der Waals surface area contributed by atoms with Crippen LogP contribution in [0.2, 0.25) is 0 Å². The minimum Gasteiger partial charge on any atom is -0.347 e. The van der Waals surface area contributed by atoms with E-state index in [-0.39, 0.29) is 5.41 Å². The van der Waals surface area contributed by atoms with Gasteiger partial charge in [0.1, 0.15) is 0 Å². The Hall–Kier alpha value is -2.14. The fourth-order valence-electron chi connectivity index (χ4n) is 3.54. The lowest BCUT2D eigenvalue weighted by Crippen LogP contribution is -2.43. The largest absolute Gasteiger partial charge is 0.347 e. The predicted octanol–water partition coefficient (Wildman–Crippen LogP) is 3.93. The van der Waals surface area contributed by atoms with Crippen molar-refractivity contribution >= 4 is 28.8 Å². The van der Waals surface area contributed by atoms with Crippen molar-refractivity contribution in [3.63, 3.8) is 0 Å². The van der Waals surface area contributed by atoms with E-state index in [1.165, 1.54) is 17.7 Å². The summed E-state index contributed by atoms with van der Waals surface area (Å²) in [5, 5.41) is 7.66. The highest BCUT2D eigenvalue weighted by molar-refractivity contribution is 7.10. The molecule has 0 radical (unpaired) electrons. The van der Waals surface area contributed by atoms with Crippen LogP contribution in [0.3, 0.4) is 0 Å². The molecule has 132 valence electrons. The van der Waals surface area contributed by atoms with Crippen molar-refractivity contribution in [2.75, 3.05) is 11.9 Å². The Morgan fingerprint density at radius 1 is 1.08 bits per heavy atom. The van der Waals surface area contributed by atoms with Crippen LogP contribution in [-0.2, 0) is 15.0 Å². The second kappa shape index (κ2) is 7.40. The maximum absolute atomic E-state index is 12.3. The summed E-state index contributed by atoms with van der Waals surface area (Å²) in [5.74, 6) is -1.17. The fraction of sp³-hybridized carbons (Fsp3) is 0.400. The summed E-state index contributed by atoms with van der Waals surface area (Å²) in [6.45, 7) is 4.44. The number of thiophene rings is 1. The second-order valence-electron chi connectivity index (χ2n) is 6.85. The summed E-state index contributed by atoms with van der Waals surface area (Å²) < 4.78 is 0. The first kappa shape index (κ1) is 17.7. The van der Waals surface area contributed by atoms with Crippen LogP contribution in [0.5, 0.6) is 0 Å². The van der Waals surface area contributed by atoms with Gasteiger partial charge in [-0.05, 0) is 55.3 Å². The number of aryl methyl sites for hydroxylation is 1. The van der Waals surface area contributed by atoms with E-state index >= 15 is 0 Å². The highest BCUT2D eigenvalue weighted by atomic mass is 32.1. The van der Waals surface area contributed by atoms with Crippen LogP contribution >= 0.6 is 11.3 Å². The highest BCUT2D eigenvalue weighted by Gasteiger charge is 2.37. The lowest BCUT2D eigenvalue weighted by molar-refractivity contribution is -0.136. The third-order valence-electron chi connectivity index (χ3n) is 5.25. The first-order valence-corrected chi connectivity index (χ1v) is 9.59.